The monoisotopic (exact) mass is 449 g/mol. The van der Waals surface area contributed by atoms with E-state index in [9.17, 15) is 9.59 Å². The number of rotatable bonds is 8. The molecule has 2 N–H and O–H groups in total. The minimum absolute atomic E-state index is 0.0171. The molecule has 166 valence electrons. The number of amides is 2. The first-order valence-electron chi connectivity index (χ1n) is 10.7. The van der Waals surface area contributed by atoms with Crippen molar-refractivity contribution in [2.75, 3.05) is 44.6 Å². The molecule has 2 heterocycles. The van der Waals surface area contributed by atoms with Crippen LogP contribution in [0.1, 0.15) is 16.6 Å². The molecule has 1 saturated heterocycles. The molecule has 0 bridgehead atoms. The Morgan fingerprint density at radius 1 is 0.875 bits per heavy atom. The molecule has 2 amide bonds. The molecule has 3 aromatic rings. The molecule has 1 fully saturated rings. The van der Waals surface area contributed by atoms with E-state index in [-0.39, 0.29) is 17.9 Å². The Balaban J connectivity index is 1.24. The lowest BCUT2D eigenvalue weighted by Crippen LogP contribution is -2.51. The predicted molar refractivity (Wildman–Crippen MR) is 126 cm³/mol. The first-order chi connectivity index (χ1) is 15.7. The van der Waals surface area contributed by atoms with E-state index in [4.69, 9.17) is 0 Å². The van der Waals surface area contributed by atoms with E-state index in [1.807, 2.05) is 66.0 Å². The average molecular weight is 450 g/mol. The number of hydrogen-bond acceptors (Lipinski definition) is 6. The fourth-order valence-corrected chi connectivity index (χ4v) is 4.46. The first-order valence-corrected chi connectivity index (χ1v) is 11.6. The predicted octanol–water partition coefficient (Wildman–Crippen LogP) is 2.61. The summed E-state index contributed by atoms with van der Waals surface area (Å²) in [5.41, 5.74) is 1.83. The van der Waals surface area contributed by atoms with E-state index in [2.05, 4.69) is 25.4 Å². The molecule has 1 atom stereocenters. The zero-order valence-corrected chi connectivity index (χ0v) is 18.6. The minimum Gasteiger partial charge on any atom is -0.342 e. The summed E-state index contributed by atoms with van der Waals surface area (Å²) in [5.74, 6) is -0.0409. The van der Waals surface area contributed by atoms with Crippen LogP contribution in [0.3, 0.4) is 0 Å². The summed E-state index contributed by atoms with van der Waals surface area (Å²) < 4.78 is 0. The third kappa shape index (κ3) is 6.23. The number of piperazine rings is 1. The zero-order chi connectivity index (χ0) is 22.2. The largest absolute Gasteiger partial charge is 0.342 e. The van der Waals surface area contributed by atoms with Gasteiger partial charge in [-0.05, 0) is 17.7 Å². The van der Waals surface area contributed by atoms with Crippen LogP contribution in [0.2, 0.25) is 0 Å². The van der Waals surface area contributed by atoms with E-state index in [1.54, 1.807) is 6.20 Å². The van der Waals surface area contributed by atoms with Gasteiger partial charge in [0.05, 0.1) is 13.1 Å². The minimum atomic E-state index is -0.244. The standard InChI is InChI=1S/C24H27N5O2S/c30-21(26-20-9-5-2-6-10-20)17-28-12-14-29(15-13-28)18-22(31)27-23(24-25-11-16-32-24)19-7-3-1-4-8-19/h1-11,16,23H,12-15,17-18H2,(H,26,30)(H,27,31). The summed E-state index contributed by atoms with van der Waals surface area (Å²) in [5, 5.41) is 8.86. The molecule has 4 rings (SSSR count). The van der Waals surface area contributed by atoms with Gasteiger partial charge in [0.2, 0.25) is 11.8 Å². The highest BCUT2D eigenvalue weighted by Gasteiger charge is 2.23. The molecule has 0 aliphatic carbocycles. The van der Waals surface area contributed by atoms with Crippen molar-refractivity contribution in [2.24, 2.45) is 0 Å². The van der Waals surface area contributed by atoms with Gasteiger partial charge in [-0.3, -0.25) is 19.4 Å². The quantitative estimate of drug-likeness (QED) is 0.553. The van der Waals surface area contributed by atoms with Gasteiger partial charge in [-0.25, -0.2) is 4.98 Å². The number of nitrogens with zero attached hydrogens (tertiary/aromatic N) is 3. The zero-order valence-electron chi connectivity index (χ0n) is 17.8. The Kier molecular flexibility index (Phi) is 7.60. The van der Waals surface area contributed by atoms with Gasteiger partial charge < -0.3 is 10.6 Å². The summed E-state index contributed by atoms with van der Waals surface area (Å²) in [7, 11) is 0. The molecule has 32 heavy (non-hydrogen) atoms. The number of hydrogen-bond donors (Lipinski definition) is 2. The van der Waals surface area contributed by atoms with Crippen LogP contribution < -0.4 is 10.6 Å². The third-order valence-electron chi connectivity index (χ3n) is 5.39. The average Bonchev–Trinajstić information content (AvgIpc) is 3.35. The normalized spacial score (nSPS) is 15.8. The van der Waals surface area contributed by atoms with Crippen molar-refractivity contribution < 1.29 is 9.59 Å². The number of para-hydroxylation sites is 1. The van der Waals surface area contributed by atoms with E-state index < -0.39 is 0 Å². The Hall–Kier alpha value is -3.07. The maximum atomic E-state index is 12.8. The third-order valence-corrected chi connectivity index (χ3v) is 6.23. The van der Waals surface area contributed by atoms with Crippen LogP contribution in [-0.2, 0) is 9.59 Å². The highest BCUT2D eigenvalue weighted by atomic mass is 32.1. The molecule has 2 aromatic carbocycles. The van der Waals surface area contributed by atoms with Gasteiger partial charge in [0, 0.05) is 43.4 Å². The highest BCUT2D eigenvalue weighted by Crippen LogP contribution is 2.23. The van der Waals surface area contributed by atoms with E-state index >= 15 is 0 Å². The maximum Gasteiger partial charge on any atom is 0.238 e. The summed E-state index contributed by atoms with van der Waals surface area (Å²) in [6.45, 7) is 3.70. The molecule has 0 radical (unpaired) electrons. The van der Waals surface area contributed by atoms with E-state index in [0.29, 0.717) is 13.1 Å². The molecule has 0 spiro atoms. The fraction of sp³-hybridized carbons (Fsp3) is 0.292. The van der Waals surface area contributed by atoms with Crippen molar-refractivity contribution in [1.82, 2.24) is 20.1 Å². The molecule has 1 aliphatic heterocycles. The summed E-state index contributed by atoms with van der Waals surface area (Å²) in [4.78, 5) is 33.7. The van der Waals surface area contributed by atoms with Gasteiger partial charge in [-0.2, -0.15) is 0 Å². The van der Waals surface area contributed by atoms with Gasteiger partial charge >= 0.3 is 0 Å². The Morgan fingerprint density at radius 2 is 1.47 bits per heavy atom. The number of anilines is 1. The molecule has 8 heteroatoms. The van der Waals surface area contributed by atoms with Crippen molar-refractivity contribution in [2.45, 2.75) is 6.04 Å². The second-order valence-corrected chi connectivity index (χ2v) is 8.67. The van der Waals surface area contributed by atoms with Crippen LogP contribution in [0.15, 0.2) is 72.2 Å². The Bertz CT molecular complexity index is 990. The van der Waals surface area contributed by atoms with Crippen molar-refractivity contribution in [3.8, 4) is 0 Å². The first kappa shape index (κ1) is 22.1. The molecule has 0 saturated carbocycles. The van der Waals surface area contributed by atoms with Crippen LogP contribution in [-0.4, -0.2) is 65.9 Å². The number of nitrogens with one attached hydrogen (secondary N) is 2. The van der Waals surface area contributed by atoms with Crippen LogP contribution in [0.4, 0.5) is 5.69 Å². The second kappa shape index (κ2) is 11.0. The van der Waals surface area contributed by atoms with Crippen molar-refractivity contribution in [1.29, 1.82) is 0 Å². The lowest BCUT2D eigenvalue weighted by Gasteiger charge is -2.34. The molecule has 1 aromatic heterocycles. The van der Waals surface area contributed by atoms with E-state index in [1.165, 1.54) is 11.3 Å². The van der Waals surface area contributed by atoms with Gasteiger partial charge in [0.15, 0.2) is 0 Å². The maximum absolute atomic E-state index is 12.8. The smallest absolute Gasteiger partial charge is 0.238 e. The van der Waals surface area contributed by atoms with Crippen LogP contribution >= 0.6 is 11.3 Å². The van der Waals surface area contributed by atoms with Crippen molar-refractivity contribution >= 4 is 28.8 Å². The molecule has 1 aliphatic rings. The van der Waals surface area contributed by atoms with Gasteiger partial charge in [-0.1, -0.05) is 48.5 Å². The Morgan fingerprint density at radius 3 is 2.06 bits per heavy atom. The molecule has 7 nitrogen and oxygen atoms in total. The summed E-state index contributed by atoms with van der Waals surface area (Å²) in [6.07, 6.45) is 1.76. The molecular weight excluding hydrogens is 422 g/mol. The lowest BCUT2D eigenvalue weighted by molar-refractivity contribution is -0.124. The van der Waals surface area contributed by atoms with Crippen LogP contribution in [0, 0.1) is 0 Å². The lowest BCUT2D eigenvalue weighted by atomic mass is 10.1. The van der Waals surface area contributed by atoms with Gasteiger partial charge in [0.25, 0.3) is 0 Å². The highest BCUT2D eigenvalue weighted by molar-refractivity contribution is 7.09. The fourth-order valence-electron chi connectivity index (χ4n) is 3.75. The number of benzene rings is 2. The molecule has 1 unspecified atom stereocenters. The molecular formula is C24H27N5O2S. The summed E-state index contributed by atoms with van der Waals surface area (Å²) in [6, 6.07) is 19.1. The number of carbonyl (C=O) groups is 2. The van der Waals surface area contributed by atoms with E-state index in [0.717, 1.165) is 42.4 Å². The topological polar surface area (TPSA) is 77.6 Å². The second-order valence-electron chi connectivity index (χ2n) is 7.75. The number of carbonyl (C=O) groups excluding carboxylic acids is 2. The summed E-state index contributed by atoms with van der Waals surface area (Å²) >= 11 is 1.54. The number of thiazole rings is 1. The van der Waals surface area contributed by atoms with Crippen molar-refractivity contribution in [3.05, 3.63) is 82.8 Å². The SMILES string of the molecule is O=C(CN1CCN(CC(=O)NC(c2ccccc2)c2nccs2)CC1)Nc1ccccc1. The number of aromatic nitrogens is 1. The van der Waals surface area contributed by atoms with Gasteiger partial charge in [0.1, 0.15) is 11.0 Å². The van der Waals surface area contributed by atoms with Crippen LogP contribution in [0.25, 0.3) is 0 Å². The van der Waals surface area contributed by atoms with Crippen molar-refractivity contribution in [3.63, 3.8) is 0 Å². The Labute approximate surface area is 192 Å². The van der Waals surface area contributed by atoms with Crippen LogP contribution in [0.5, 0.6) is 0 Å². The van der Waals surface area contributed by atoms with Gasteiger partial charge in [-0.15, -0.1) is 11.3 Å².